The van der Waals surface area contributed by atoms with E-state index < -0.39 is 11.9 Å². The SMILES string of the molecule is CCOC(=O)c1cc(-c2ccc(N3CCN(C(=O)COC(C)=O)CC3)cc2)n(-c2ccccc2OC)n1. The molecule has 10 heteroatoms. The standard InChI is InChI=1S/C27H30N4O6/c1-4-36-27(34)22-17-24(31(28-22)23-7-5-6-8-25(23)35-3)20-9-11-21(12-10-20)29-13-15-30(16-14-29)26(33)18-37-19(2)32/h5-12,17H,4,13-16,18H2,1-3H3. The van der Waals surface area contributed by atoms with Crippen LogP contribution in [-0.4, -0.2) is 79.0 Å². The van der Waals surface area contributed by atoms with Crippen LogP contribution < -0.4 is 9.64 Å². The van der Waals surface area contributed by atoms with Gasteiger partial charge in [-0.1, -0.05) is 24.3 Å². The van der Waals surface area contributed by atoms with Crippen molar-refractivity contribution < 1.29 is 28.6 Å². The van der Waals surface area contributed by atoms with E-state index in [9.17, 15) is 14.4 Å². The van der Waals surface area contributed by atoms with E-state index in [1.807, 2.05) is 48.5 Å². The zero-order chi connectivity index (χ0) is 26.4. The highest BCUT2D eigenvalue weighted by molar-refractivity contribution is 5.89. The maximum atomic E-state index is 12.4. The molecule has 0 spiro atoms. The second kappa shape index (κ2) is 11.6. The Morgan fingerprint density at radius 3 is 2.30 bits per heavy atom. The number of hydrogen-bond donors (Lipinski definition) is 0. The summed E-state index contributed by atoms with van der Waals surface area (Å²) in [4.78, 5) is 39.5. The molecule has 1 aromatic heterocycles. The summed E-state index contributed by atoms with van der Waals surface area (Å²) in [6.07, 6.45) is 0. The first-order valence-corrected chi connectivity index (χ1v) is 12.1. The second-order valence-electron chi connectivity index (χ2n) is 8.41. The molecule has 0 aliphatic carbocycles. The summed E-state index contributed by atoms with van der Waals surface area (Å²) < 4.78 is 17.2. The van der Waals surface area contributed by atoms with Crippen LogP contribution in [0.2, 0.25) is 0 Å². The molecule has 0 saturated carbocycles. The van der Waals surface area contributed by atoms with E-state index in [1.54, 1.807) is 29.7 Å². The van der Waals surface area contributed by atoms with Gasteiger partial charge in [0, 0.05) is 44.4 Å². The van der Waals surface area contributed by atoms with Gasteiger partial charge in [0.1, 0.15) is 11.4 Å². The van der Waals surface area contributed by atoms with Gasteiger partial charge in [-0.3, -0.25) is 9.59 Å². The third-order valence-corrected chi connectivity index (χ3v) is 6.07. The quantitative estimate of drug-likeness (QED) is 0.430. The Labute approximate surface area is 215 Å². The van der Waals surface area contributed by atoms with Gasteiger partial charge in [0.2, 0.25) is 0 Å². The lowest BCUT2D eigenvalue weighted by molar-refractivity contribution is -0.150. The van der Waals surface area contributed by atoms with Crippen LogP contribution in [0.1, 0.15) is 24.3 Å². The Hall–Kier alpha value is -4.34. The number of methoxy groups -OCH3 is 1. The molecule has 0 radical (unpaired) electrons. The molecule has 2 aromatic carbocycles. The van der Waals surface area contributed by atoms with Crippen LogP contribution in [0.4, 0.5) is 5.69 Å². The molecule has 1 aliphatic heterocycles. The zero-order valence-corrected chi connectivity index (χ0v) is 21.2. The smallest absolute Gasteiger partial charge is 0.358 e. The molecule has 0 unspecified atom stereocenters. The molecule has 4 rings (SSSR count). The van der Waals surface area contributed by atoms with Crippen LogP contribution in [0.5, 0.6) is 5.75 Å². The molecule has 1 saturated heterocycles. The highest BCUT2D eigenvalue weighted by Gasteiger charge is 2.23. The van der Waals surface area contributed by atoms with Crippen LogP contribution in [0.25, 0.3) is 16.9 Å². The number of ether oxygens (including phenoxy) is 3. The first kappa shape index (κ1) is 25.7. The highest BCUT2D eigenvalue weighted by atomic mass is 16.5. The monoisotopic (exact) mass is 506 g/mol. The topological polar surface area (TPSA) is 103 Å². The molecule has 3 aromatic rings. The van der Waals surface area contributed by atoms with E-state index >= 15 is 0 Å². The van der Waals surface area contributed by atoms with Crippen molar-refractivity contribution in [3.05, 3.63) is 60.3 Å². The third kappa shape index (κ3) is 5.91. The number of rotatable bonds is 8. The van der Waals surface area contributed by atoms with E-state index in [0.717, 1.165) is 16.9 Å². The molecule has 1 amide bonds. The lowest BCUT2D eigenvalue weighted by Crippen LogP contribution is -2.49. The van der Waals surface area contributed by atoms with Crippen molar-refractivity contribution in [2.75, 3.05) is 51.4 Å². The van der Waals surface area contributed by atoms with Crippen molar-refractivity contribution in [3.63, 3.8) is 0 Å². The molecule has 1 fully saturated rings. The van der Waals surface area contributed by atoms with E-state index in [4.69, 9.17) is 14.2 Å². The number of benzene rings is 2. The predicted molar refractivity (Wildman–Crippen MR) is 137 cm³/mol. The predicted octanol–water partition coefficient (Wildman–Crippen LogP) is 2.94. The summed E-state index contributed by atoms with van der Waals surface area (Å²) in [6, 6.07) is 17.2. The summed E-state index contributed by atoms with van der Waals surface area (Å²) in [5, 5.41) is 4.53. The van der Waals surface area contributed by atoms with Gasteiger partial charge in [0.15, 0.2) is 12.3 Å². The zero-order valence-electron chi connectivity index (χ0n) is 21.2. The fraction of sp³-hybridized carbons (Fsp3) is 0.333. The maximum absolute atomic E-state index is 12.4. The summed E-state index contributed by atoms with van der Waals surface area (Å²) in [7, 11) is 1.59. The van der Waals surface area contributed by atoms with Crippen LogP contribution in [0, 0.1) is 0 Å². The second-order valence-corrected chi connectivity index (χ2v) is 8.41. The minimum Gasteiger partial charge on any atom is -0.494 e. The molecular weight excluding hydrogens is 476 g/mol. The van der Waals surface area contributed by atoms with Crippen molar-refractivity contribution in [2.45, 2.75) is 13.8 Å². The Morgan fingerprint density at radius 1 is 0.946 bits per heavy atom. The normalized spacial score (nSPS) is 13.3. The van der Waals surface area contributed by atoms with E-state index in [1.165, 1.54) is 6.92 Å². The minimum atomic E-state index is -0.491. The average molecular weight is 507 g/mol. The van der Waals surface area contributed by atoms with Gasteiger partial charge in [-0.15, -0.1) is 0 Å². The number of para-hydroxylation sites is 2. The van der Waals surface area contributed by atoms with Crippen molar-refractivity contribution in [3.8, 4) is 22.7 Å². The van der Waals surface area contributed by atoms with Crippen molar-refractivity contribution in [1.29, 1.82) is 0 Å². The summed E-state index contributed by atoms with van der Waals surface area (Å²) >= 11 is 0. The molecule has 0 atom stereocenters. The van der Waals surface area contributed by atoms with Gasteiger partial charge in [0.25, 0.3) is 5.91 Å². The highest BCUT2D eigenvalue weighted by Crippen LogP contribution is 2.30. The number of anilines is 1. The van der Waals surface area contributed by atoms with Crippen LogP contribution >= 0.6 is 0 Å². The third-order valence-electron chi connectivity index (χ3n) is 6.07. The largest absolute Gasteiger partial charge is 0.494 e. The van der Waals surface area contributed by atoms with Crippen LogP contribution in [0.15, 0.2) is 54.6 Å². The van der Waals surface area contributed by atoms with Gasteiger partial charge >= 0.3 is 11.9 Å². The lowest BCUT2D eigenvalue weighted by atomic mass is 10.1. The molecule has 1 aliphatic rings. The number of amides is 1. The number of carbonyl (C=O) groups excluding carboxylic acids is 3. The van der Waals surface area contributed by atoms with Crippen molar-refractivity contribution in [1.82, 2.24) is 14.7 Å². The van der Waals surface area contributed by atoms with E-state index in [-0.39, 0.29) is 24.8 Å². The number of esters is 2. The van der Waals surface area contributed by atoms with Crippen LogP contribution in [-0.2, 0) is 19.1 Å². The molecule has 2 heterocycles. The van der Waals surface area contributed by atoms with Gasteiger partial charge in [-0.2, -0.15) is 5.10 Å². The Morgan fingerprint density at radius 2 is 1.65 bits per heavy atom. The Kier molecular flexibility index (Phi) is 8.07. The van der Waals surface area contributed by atoms with Gasteiger partial charge in [0.05, 0.1) is 19.4 Å². The van der Waals surface area contributed by atoms with Crippen molar-refractivity contribution in [2.24, 2.45) is 0 Å². The van der Waals surface area contributed by atoms with E-state index in [2.05, 4.69) is 10.00 Å². The lowest BCUT2D eigenvalue weighted by Gasteiger charge is -2.36. The minimum absolute atomic E-state index is 0.188. The van der Waals surface area contributed by atoms with Gasteiger partial charge < -0.3 is 24.0 Å². The summed E-state index contributed by atoms with van der Waals surface area (Å²) in [5.74, 6) is -0.518. The average Bonchev–Trinajstić information content (AvgIpc) is 3.37. The fourth-order valence-corrected chi connectivity index (χ4v) is 4.19. The fourth-order valence-electron chi connectivity index (χ4n) is 4.19. The first-order chi connectivity index (χ1) is 17.9. The number of hydrogen-bond acceptors (Lipinski definition) is 8. The first-order valence-electron chi connectivity index (χ1n) is 12.1. The van der Waals surface area contributed by atoms with Crippen molar-refractivity contribution >= 4 is 23.5 Å². The Bertz CT molecular complexity index is 1260. The Balaban J connectivity index is 1.54. The summed E-state index contributed by atoms with van der Waals surface area (Å²) in [5.41, 5.74) is 3.52. The maximum Gasteiger partial charge on any atom is 0.358 e. The number of carbonyl (C=O) groups is 3. The molecule has 10 nitrogen and oxygen atoms in total. The number of nitrogens with zero attached hydrogens (tertiary/aromatic N) is 4. The van der Waals surface area contributed by atoms with Crippen LogP contribution in [0.3, 0.4) is 0 Å². The molecular formula is C27H30N4O6. The number of aromatic nitrogens is 2. The molecule has 194 valence electrons. The van der Waals surface area contributed by atoms with Gasteiger partial charge in [-0.05, 0) is 37.3 Å². The molecule has 37 heavy (non-hydrogen) atoms. The summed E-state index contributed by atoms with van der Waals surface area (Å²) in [6.45, 7) is 5.50. The van der Waals surface area contributed by atoms with E-state index in [0.29, 0.717) is 37.6 Å². The molecule has 0 N–H and O–H groups in total. The molecule has 0 bridgehead atoms. The number of piperazine rings is 1. The van der Waals surface area contributed by atoms with Gasteiger partial charge in [-0.25, -0.2) is 9.48 Å².